The number of amides is 3. The van der Waals surface area contributed by atoms with Crippen LogP contribution >= 0.6 is 0 Å². The molecule has 0 spiro atoms. The molecule has 0 aromatic heterocycles. The summed E-state index contributed by atoms with van der Waals surface area (Å²) >= 11 is 0. The summed E-state index contributed by atoms with van der Waals surface area (Å²) in [6.45, 7) is 3.02. The zero-order chi connectivity index (χ0) is 19.7. The van der Waals surface area contributed by atoms with Gasteiger partial charge in [0.05, 0.1) is 31.2 Å². The Hall–Kier alpha value is -2.41. The summed E-state index contributed by atoms with van der Waals surface area (Å²) in [7, 11) is 1.58. The van der Waals surface area contributed by atoms with Gasteiger partial charge in [-0.3, -0.25) is 19.3 Å². The van der Waals surface area contributed by atoms with Crippen LogP contribution in [0.2, 0.25) is 0 Å². The van der Waals surface area contributed by atoms with Crippen molar-refractivity contribution in [1.82, 2.24) is 9.80 Å². The number of imide groups is 1. The van der Waals surface area contributed by atoms with Gasteiger partial charge < -0.3 is 9.64 Å². The van der Waals surface area contributed by atoms with Gasteiger partial charge in [0.25, 0.3) is 5.91 Å². The number of piperidine rings is 1. The first kappa shape index (κ1) is 18.9. The van der Waals surface area contributed by atoms with E-state index in [1.807, 2.05) is 9.80 Å². The van der Waals surface area contributed by atoms with Crippen molar-refractivity contribution in [3.8, 4) is 5.75 Å². The van der Waals surface area contributed by atoms with Crippen LogP contribution in [-0.2, 0) is 14.4 Å². The number of hydrogen-bond donors (Lipinski definition) is 0. The van der Waals surface area contributed by atoms with Gasteiger partial charge in [0.1, 0.15) is 5.75 Å². The van der Waals surface area contributed by atoms with Crippen LogP contribution in [0, 0.1) is 5.92 Å². The molecule has 0 N–H and O–H groups in total. The number of nitrogens with zero attached hydrogens (tertiary/aromatic N) is 3. The molecule has 3 amide bonds. The number of rotatable bonds is 4. The van der Waals surface area contributed by atoms with Crippen molar-refractivity contribution in [3.63, 3.8) is 0 Å². The van der Waals surface area contributed by atoms with Gasteiger partial charge in [-0.1, -0.05) is 0 Å². The van der Waals surface area contributed by atoms with Gasteiger partial charge in [-0.25, -0.2) is 4.90 Å². The van der Waals surface area contributed by atoms with Gasteiger partial charge >= 0.3 is 0 Å². The summed E-state index contributed by atoms with van der Waals surface area (Å²) in [6, 6.07) is 6.48. The number of likely N-dealkylation sites (tertiary alicyclic amines) is 2. The minimum atomic E-state index is -0.469. The molecule has 4 rings (SSSR count). The molecule has 1 aromatic carbocycles. The van der Waals surface area contributed by atoms with Crippen LogP contribution in [0.25, 0.3) is 0 Å². The predicted molar refractivity (Wildman–Crippen MR) is 104 cm³/mol. The van der Waals surface area contributed by atoms with E-state index in [2.05, 4.69) is 0 Å². The first-order valence-corrected chi connectivity index (χ1v) is 10.1. The van der Waals surface area contributed by atoms with Crippen LogP contribution in [-0.4, -0.2) is 66.9 Å². The van der Waals surface area contributed by atoms with Crippen molar-refractivity contribution in [1.29, 1.82) is 0 Å². The highest BCUT2D eigenvalue weighted by Crippen LogP contribution is 2.30. The van der Waals surface area contributed by atoms with Crippen LogP contribution in [0.4, 0.5) is 5.69 Å². The fourth-order valence-corrected chi connectivity index (χ4v) is 4.59. The molecule has 0 bridgehead atoms. The molecule has 150 valence electrons. The second-order valence-electron chi connectivity index (χ2n) is 7.85. The van der Waals surface area contributed by atoms with Crippen LogP contribution in [0.3, 0.4) is 0 Å². The summed E-state index contributed by atoms with van der Waals surface area (Å²) in [4.78, 5) is 43.7. The van der Waals surface area contributed by atoms with E-state index >= 15 is 0 Å². The highest BCUT2D eigenvalue weighted by atomic mass is 16.5. The fraction of sp³-hybridized carbons (Fsp3) is 0.571. The number of carbonyl (C=O) groups is 3. The maximum absolute atomic E-state index is 13.0. The second-order valence-corrected chi connectivity index (χ2v) is 7.85. The van der Waals surface area contributed by atoms with E-state index in [0.29, 0.717) is 18.0 Å². The Morgan fingerprint density at radius 3 is 2.43 bits per heavy atom. The molecule has 3 aliphatic rings. The Balaban J connectivity index is 1.45. The minimum absolute atomic E-state index is 0.0650. The molecule has 3 fully saturated rings. The lowest BCUT2D eigenvalue weighted by atomic mass is 9.95. The van der Waals surface area contributed by atoms with E-state index < -0.39 is 6.04 Å². The fourth-order valence-electron chi connectivity index (χ4n) is 4.59. The molecule has 0 aliphatic carbocycles. The summed E-state index contributed by atoms with van der Waals surface area (Å²) in [5.41, 5.74) is 0.569. The number of benzene rings is 1. The molecule has 7 heteroatoms. The SMILES string of the molecule is COc1ccc(N2C(=O)C[C@@H](N3CCC[C@H](C(=O)N4CCCC4)C3)C2=O)cc1. The molecule has 3 aliphatic heterocycles. The van der Waals surface area contributed by atoms with Crippen LogP contribution in [0.15, 0.2) is 24.3 Å². The third kappa shape index (κ3) is 3.51. The van der Waals surface area contributed by atoms with Gasteiger partial charge in [-0.2, -0.15) is 0 Å². The van der Waals surface area contributed by atoms with E-state index in [1.165, 1.54) is 4.90 Å². The Kier molecular flexibility index (Phi) is 5.35. The molecule has 1 aromatic rings. The van der Waals surface area contributed by atoms with Crippen LogP contribution in [0.1, 0.15) is 32.1 Å². The smallest absolute Gasteiger partial charge is 0.251 e. The van der Waals surface area contributed by atoms with Crippen molar-refractivity contribution in [3.05, 3.63) is 24.3 Å². The van der Waals surface area contributed by atoms with Gasteiger partial charge in [0, 0.05) is 19.6 Å². The van der Waals surface area contributed by atoms with E-state index in [1.54, 1.807) is 31.4 Å². The minimum Gasteiger partial charge on any atom is -0.497 e. The Labute approximate surface area is 165 Å². The number of ether oxygens (including phenoxy) is 1. The zero-order valence-electron chi connectivity index (χ0n) is 16.3. The normalized spacial score (nSPS) is 26.2. The van der Waals surface area contributed by atoms with Crippen LogP contribution < -0.4 is 9.64 Å². The predicted octanol–water partition coefficient (Wildman–Crippen LogP) is 1.66. The molecule has 2 atom stereocenters. The largest absolute Gasteiger partial charge is 0.497 e. The number of methoxy groups -OCH3 is 1. The molecule has 3 heterocycles. The van der Waals surface area contributed by atoms with Crippen molar-refractivity contribution in [2.45, 2.75) is 38.1 Å². The number of carbonyl (C=O) groups excluding carboxylic acids is 3. The topological polar surface area (TPSA) is 70.2 Å². The average molecular weight is 385 g/mol. The Morgan fingerprint density at radius 1 is 1.04 bits per heavy atom. The molecule has 0 saturated carbocycles. The number of hydrogen-bond acceptors (Lipinski definition) is 5. The van der Waals surface area contributed by atoms with E-state index in [-0.39, 0.29) is 30.1 Å². The monoisotopic (exact) mass is 385 g/mol. The lowest BCUT2D eigenvalue weighted by molar-refractivity contribution is -0.137. The Bertz CT molecular complexity index is 757. The molecule has 3 saturated heterocycles. The molecule has 0 unspecified atom stereocenters. The van der Waals surface area contributed by atoms with Gasteiger partial charge in [-0.15, -0.1) is 0 Å². The first-order valence-electron chi connectivity index (χ1n) is 10.1. The molecule has 0 radical (unpaired) electrons. The third-order valence-electron chi connectivity index (χ3n) is 6.11. The maximum atomic E-state index is 13.0. The second kappa shape index (κ2) is 7.91. The molecular formula is C21H27N3O4. The molecular weight excluding hydrogens is 358 g/mol. The first-order chi connectivity index (χ1) is 13.6. The summed E-state index contributed by atoms with van der Waals surface area (Å²) < 4.78 is 5.15. The lowest BCUT2D eigenvalue weighted by Crippen LogP contribution is -2.50. The zero-order valence-corrected chi connectivity index (χ0v) is 16.3. The van der Waals surface area contributed by atoms with Crippen molar-refractivity contribution < 1.29 is 19.1 Å². The summed E-state index contributed by atoms with van der Waals surface area (Å²) in [5, 5.41) is 0. The summed E-state index contributed by atoms with van der Waals surface area (Å²) in [6.07, 6.45) is 4.08. The summed E-state index contributed by atoms with van der Waals surface area (Å²) in [5.74, 6) is 0.451. The molecule has 28 heavy (non-hydrogen) atoms. The third-order valence-corrected chi connectivity index (χ3v) is 6.11. The number of anilines is 1. The van der Waals surface area contributed by atoms with Gasteiger partial charge in [0.15, 0.2) is 0 Å². The van der Waals surface area contributed by atoms with Crippen molar-refractivity contribution in [2.75, 3.05) is 38.2 Å². The van der Waals surface area contributed by atoms with E-state index in [0.717, 1.165) is 45.3 Å². The Morgan fingerprint density at radius 2 is 1.75 bits per heavy atom. The van der Waals surface area contributed by atoms with Crippen molar-refractivity contribution >= 4 is 23.4 Å². The van der Waals surface area contributed by atoms with Crippen molar-refractivity contribution in [2.24, 2.45) is 5.92 Å². The van der Waals surface area contributed by atoms with E-state index in [9.17, 15) is 14.4 Å². The average Bonchev–Trinajstić information content (AvgIpc) is 3.36. The lowest BCUT2D eigenvalue weighted by Gasteiger charge is -2.36. The highest BCUT2D eigenvalue weighted by molar-refractivity contribution is 6.22. The van der Waals surface area contributed by atoms with Gasteiger partial charge in [-0.05, 0) is 56.5 Å². The maximum Gasteiger partial charge on any atom is 0.251 e. The van der Waals surface area contributed by atoms with E-state index in [4.69, 9.17) is 4.74 Å². The standard InChI is InChI=1S/C21H27N3O4/c1-28-17-8-6-16(7-9-17)24-19(25)13-18(21(24)27)23-12-4-5-15(14-23)20(26)22-10-2-3-11-22/h6-9,15,18H,2-5,10-14H2,1H3/t15-,18+/m0/s1. The molecule has 7 nitrogen and oxygen atoms in total. The van der Waals surface area contributed by atoms with Crippen LogP contribution in [0.5, 0.6) is 5.75 Å². The highest BCUT2D eigenvalue weighted by Gasteiger charge is 2.44. The van der Waals surface area contributed by atoms with Gasteiger partial charge in [0.2, 0.25) is 11.8 Å². The quantitative estimate of drug-likeness (QED) is 0.738.